The van der Waals surface area contributed by atoms with Gasteiger partial charge in [-0.2, -0.15) is 0 Å². The van der Waals surface area contributed by atoms with E-state index in [1.807, 2.05) is 45.3 Å². The van der Waals surface area contributed by atoms with Gasteiger partial charge in [0, 0.05) is 22.9 Å². The summed E-state index contributed by atoms with van der Waals surface area (Å²) >= 11 is 0. The number of aromatic nitrogens is 3. The first-order valence-electron chi connectivity index (χ1n) is 11.4. The zero-order valence-corrected chi connectivity index (χ0v) is 20.1. The number of hydrogen-bond acceptors (Lipinski definition) is 5. The SMILES string of the molecule is C=CC(C)(C)c1ccc(-c2cnc(C)c(C(N)C3CCCCC3)n2)cn1.C=CN.CC. The fraction of sp³-hybridized carbons (Fsp3) is 0.500. The average Bonchev–Trinajstić information content (AvgIpc) is 2.81. The lowest BCUT2D eigenvalue weighted by molar-refractivity contribution is 0.303. The van der Waals surface area contributed by atoms with Crippen LogP contribution in [0.25, 0.3) is 11.3 Å². The van der Waals surface area contributed by atoms with Crippen LogP contribution in [-0.4, -0.2) is 15.0 Å². The van der Waals surface area contributed by atoms with Crippen LogP contribution >= 0.6 is 0 Å². The number of nitrogens with two attached hydrogens (primary N) is 2. The number of pyridine rings is 1. The van der Waals surface area contributed by atoms with Crippen LogP contribution < -0.4 is 11.5 Å². The minimum absolute atomic E-state index is 0.0327. The molecule has 1 unspecified atom stereocenters. The van der Waals surface area contributed by atoms with E-state index in [9.17, 15) is 0 Å². The minimum atomic E-state index is -0.147. The normalized spacial score (nSPS) is 14.9. The molecule has 0 bridgehead atoms. The van der Waals surface area contributed by atoms with E-state index in [0.29, 0.717) is 5.92 Å². The molecule has 0 saturated heterocycles. The van der Waals surface area contributed by atoms with Gasteiger partial charge in [0.25, 0.3) is 0 Å². The third-order valence-electron chi connectivity index (χ3n) is 5.70. The monoisotopic (exact) mass is 423 g/mol. The van der Waals surface area contributed by atoms with Crippen molar-refractivity contribution in [2.24, 2.45) is 17.4 Å². The molecule has 170 valence electrons. The Labute approximate surface area is 189 Å². The van der Waals surface area contributed by atoms with Gasteiger partial charge in [-0.25, -0.2) is 4.98 Å². The molecule has 2 aromatic rings. The van der Waals surface area contributed by atoms with Gasteiger partial charge in [0.1, 0.15) is 0 Å². The second-order valence-corrected chi connectivity index (χ2v) is 8.24. The highest BCUT2D eigenvalue weighted by molar-refractivity contribution is 5.57. The summed E-state index contributed by atoms with van der Waals surface area (Å²) in [6.45, 7) is 17.3. The molecule has 1 atom stereocenters. The molecule has 1 aliphatic rings. The zero-order chi connectivity index (χ0) is 23.4. The van der Waals surface area contributed by atoms with Crippen molar-refractivity contribution in [3.63, 3.8) is 0 Å². The predicted octanol–water partition coefficient (Wildman–Crippen LogP) is 6.01. The fourth-order valence-corrected chi connectivity index (χ4v) is 3.67. The molecule has 4 N–H and O–H groups in total. The van der Waals surface area contributed by atoms with Gasteiger partial charge in [-0.05, 0) is 44.0 Å². The summed E-state index contributed by atoms with van der Waals surface area (Å²) in [7, 11) is 0. The average molecular weight is 424 g/mol. The van der Waals surface area contributed by atoms with Gasteiger partial charge >= 0.3 is 0 Å². The second-order valence-electron chi connectivity index (χ2n) is 8.24. The molecule has 0 radical (unpaired) electrons. The van der Waals surface area contributed by atoms with Crippen molar-refractivity contribution in [2.45, 2.75) is 78.2 Å². The lowest BCUT2D eigenvalue weighted by Gasteiger charge is -2.27. The van der Waals surface area contributed by atoms with E-state index in [0.717, 1.165) is 28.3 Å². The zero-order valence-electron chi connectivity index (χ0n) is 20.1. The van der Waals surface area contributed by atoms with Gasteiger partial charge in [0.2, 0.25) is 0 Å². The van der Waals surface area contributed by atoms with Crippen molar-refractivity contribution < 1.29 is 0 Å². The summed E-state index contributed by atoms with van der Waals surface area (Å²) in [4.78, 5) is 14.1. The summed E-state index contributed by atoms with van der Waals surface area (Å²) < 4.78 is 0. The summed E-state index contributed by atoms with van der Waals surface area (Å²) in [6, 6.07) is 4.07. The van der Waals surface area contributed by atoms with E-state index in [-0.39, 0.29) is 11.5 Å². The van der Waals surface area contributed by atoms with Crippen molar-refractivity contribution in [3.05, 3.63) is 67.0 Å². The molecule has 1 fully saturated rings. The maximum atomic E-state index is 6.59. The van der Waals surface area contributed by atoms with E-state index in [1.165, 1.54) is 38.3 Å². The van der Waals surface area contributed by atoms with E-state index in [2.05, 4.69) is 48.8 Å². The summed E-state index contributed by atoms with van der Waals surface area (Å²) in [5, 5.41) is 0. The van der Waals surface area contributed by atoms with Gasteiger partial charge in [-0.15, -0.1) is 6.58 Å². The molecule has 0 amide bonds. The maximum absolute atomic E-state index is 6.59. The highest BCUT2D eigenvalue weighted by Crippen LogP contribution is 2.33. The van der Waals surface area contributed by atoms with E-state index in [1.54, 1.807) is 0 Å². The summed E-state index contributed by atoms with van der Waals surface area (Å²) in [6.07, 6.45) is 13.1. The van der Waals surface area contributed by atoms with E-state index >= 15 is 0 Å². The number of aryl methyl sites for hydroxylation is 1. The molecule has 2 aromatic heterocycles. The van der Waals surface area contributed by atoms with Crippen LogP contribution in [0, 0.1) is 12.8 Å². The smallest absolute Gasteiger partial charge is 0.0904 e. The highest BCUT2D eigenvalue weighted by atomic mass is 14.9. The van der Waals surface area contributed by atoms with Crippen molar-refractivity contribution >= 4 is 0 Å². The molecule has 5 heteroatoms. The Morgan fingerprint density at radius 2 is 1.68 bits per heavy atom. The Morgan fingerprint density at radius 1 is 1.06 bits per heavy atom. The van der Waals surface area contributed by atoms with Gasteiger partial charge in [-0.3, -0.25) is 9.97 Å². The van der Waals surface area contributed by atoms with Crippen LogP contribution in [0.2, 0.25) is 0 Å². The lowest BCUT2D eigenvalue weighted by Crippen LogP contribution is -2.25. The molecular weight excluding hydrogens is 382 g/mol. The van der Waals surface area contributed by atoms with Gasteiger partial charge in [-0.1, -0.05) is 59.6 Å². The molecule has 1 aliphatic carbocycles. The molecular formula is C26H41N5. The number of hydrogen-bond donors (Lipinski definition) is 2. The Hall–Kier alpha value is -2.53. The lowest BCUT2D eigenvalue weighted by atomic mass is 9.82. The first kappa shape index (κ1) is 26.5. The largest absolute Gasteiger partial charge is 0.405 e. The topological polar surface area (TPSA) is 90.7 Å². The Kier molecular flexibility index (Phi) is 11.1. The molecule has 1 saturated carbocycles. The number of rotatable bonds is 5. The van der Waals surface area contributed by atoms with E-state index in [4.69, 9.17) is 10.7 Å². The van der Waals surface area contributed by atoms with Crippen LogP contribution in [0.4, 0.5) is 0 Å². The molecule has 0 spiro atoms. The summed E-state index contributed by atoms with van der Waals surface area (Å²) in [5.41, 5.74) is 15.7. The first-order chi connectivity index (χ1) is 14.8. The predicted molar refractivity (Wildman–Crippen MR) is 132 cm³/mol. The molecule has 2 heterocycles. The number of nitrogens with zero attached hydrogens (tertiary/aromatic N) is 3. The molecule has 31 heavy (non-hydrogen) atoms. The van der Waals surface area contributed by atoms with Crippen LogP contribution in [0.3, 0.4) is 0 Å². The third-order valence-corrected chi connectivity index (χ3v) is 5.70. The number of allylic oxidation sites excluding steroid dienone is 1. The van der Waals surface area contributed by atoms with Gasteiger partial charge in [0.15, 0.2) is 0 Å². The van der Waals surface area contributed by atoms with Crippen LogP contribution in [0.1, 0.15) is 82.9 Å². The fourth-order valence-electron chi connectivity index (χ4n) is 3.67. The van der Waals surface area contributed by atoms with Crippen LogP contribution in [-0.2, 0) is 5.41 Å². The summed E-state index contributed by atoms with van der Waals surface area (Å²) in [5.74, 6) is 0.515. The van der Waals surface area contributed by atoms with Gasteiger partial charge in [0.05, 0.1) is 29.3 Å². The van der Waals surface area contributed by atoms with Crippen molar-refractivity contribution in [2.75, 3.05) is 0 Å². The Bertz CT molecular complexity index is 805. The molecule has 5 nitrogen and oxygen atoms in total. The molecule has 3 rings (SSSR count). The first-order valence-corrected chi connectivity index (χ1v) is 11.4. The van der Waals surface area contributed by atoms with Crippen molar-refractivity contribution in [1.82, 2.24) is 15.0 Å². The second kappa shape index (κ2) is 13.0. The van der Waals surface area contributed by atoms with Crippen molar-refractivity contribution in [1.29, 1.82) is 0 Å². The quantitative estimate of drug-likeness (QED) is 0.575. The molecule has 0 aromatic carbocycles. The Balaban J connectivity index is 0.000000884. The highest BCUT2D eigenvalue weighted by Gasteiger charge is 2.25. The van der Waals surface area contributed by atoms with Crippen LogP contribution in [0.15, 0.2) is 50.0 Å². The third kappa shape index (κ3) is 7.28. The minimum Gasteiger partial charge on any atom is -0.405 e. The standard InChI is InChI=1S/C22H30N4.C2H5N.C2H6/c1-5-22(3,4)19-12-11-17(13-25-19)18-14-24-15(2)21(26-18)20(23)16-9-7-6-8-10-16;1-2-3;1-2/h5,11-14,16,20H,1,6-10,23H2,2-4H3;2H,1,3H2;1-2H3. The molecule has 0 aliphatic heterocycles. The van der Waals surface area contributed by atoms with E-state index < -0.39 is 0 Å². The van der Waals surface area contributed by atoms with Crippen molar-refractivity contribution in [3.8, 4) is 11.3 Å². The van der Waals surface area contributed by atoms with Crippen LogP contribution in [0.5, 0.6) is 0 Å². The Morgan fingerprint density at radius 3 is 2.19 bits per heavy atom. The van der Waals surface area contributed by atoms with Gasteiger partial charge < -0.3 is 11.5 Å². The maximum Gasteiger partial charge on any atom is 0.0904 e.